The molecule has 3 fully saturated rings. The smallest absolute Gasteiger partial charge is 0.369 e. The molecular weight excluding hydrogens is 282 g/mol. The second-order valence-corrected chi connectivity index (χ2v) is 8.69. The second-order valence-electron chi connectivity index (χ2n) is 6.13. The van der Waals surface area contributed by atoms with E-state index in [9.17, 15) is 0 Å². The Morgan fingerprint density at radius 1 is 0.810 bits per heavy atom. The summed E-state index contributed by atoms with van der Waals surface area (Å²) in [6, 6.07) is 6.77. The van der Waals surface area contributed by atoms with Gasteiger partial charge in [-0.3, -0.25) is 4.90 Å². The molecule has 3 heterocycles. The molecule has 4 aliphatic rings. The van der Waals surface area contributed by atoms with Gasteiger partial charge in [-0.2, -0.15) is 0 Å². The van der Waals surface area contributed by atoms with Gasteiger partial charge in [0.05, 0.1) is 19.8 Å². The Hall–Kier alpha value is -0.723. The van der Waals surface area contributed by atoms with Crippen LogP contribution in [0, 0.1) is 0 Å². The van der Waals surface area contributed by atoms with E-state index in [1.165, 1.54) is 42.0 Å². The summed E-state index contributed by atoms with van der Waals surface area (Å²) in [5, 5.41) is 1.17. The van der Waals surface area contributed by atoms with Crippen LogP contribution in [0.2, 0.25) is 0 Å². The van der Waals surface area contributed by atoms with Gasteiger partial charge in [0.25, 0.3) is 0 Å². The highest BCUT2D eigenvalue weighted by Gasteiger charge is 2.46. The Balaban J connectivity index is 1.68. The highest BCUT2D eigenvalue weighted by Crippen LogP contribution is 2.23. The maximum absolute atomic E-state index is 6.17. The molecule has 114 valence electrons. The van der Waals surface area contributed by atoms with E-state index in [4.69, 9.17) is 13.3 Å². The Bertz CT molecular complexity index is 496. The van der Waals surface area contributed by atoms with E-state index in [1.807, 2.05) is 0 Å². The minimum Gasteiger partial charge on any atom is -0.369 e. The average molecular weight is 305 g/mol. The molecule has 4 nitrogen and oxygen atoms in total. The number of benzene rings is 1. The molecule has 2 bridgehead atoms. The third-order valence-electron chi connectivity index (χ3n) is 4.80. The van der Waals surface area contributed by atoms with Gasteiger partial charge in [-0.15, -0.1) is 0 Å². The summed E-state index contributed by atoms with van der Waals surface area (Å²) in [5.74, 6) is 0. The highest BCUT2D eigenvalue weighted by atomic mass is 28.4. The lowest BCUT2D eigenvalue weighted by Gasteiger charge is -2.38. The monoisotopic (exact) mass is 305 g/mol. The summed E-state index contributed by atoms with van der Waals surface area (Å²) in [6.45, 7) is 5.11. The van der Waals surface area contributed by atoms with Crippen LogP contribution in [0.1, 0.15) is 24.0 Å². The molecule has 1 aromatic carbocycles. The topological polar surface area (TPSA) is 30.9 Å². The zero-order valence-electron chi connectivity index (χ0n) is 12.5. The Morgan fingerprint density at radius 3 is 2.10 bits per heavy atom. The van der Waals surface area contributed by atoms with Crippen LogP contribution in [0.5, 0.6) is 0 Å². The molecule has 0 spiro atoms. The standard InChI is InChI=1S/C16H23NO3Si/c1-2-4-15-13-16(6-5-14(15)3-1)21-18-10-7-17(8-11-19-21)9-12-20-21/h5-6,13H,1-4,7-12H2. The number of fused-ring (bicyclic) bond motifs is 7. The van der Waals surface area contributed by atoms with Crippen molar-refractivity contribution in [1.82, 2.24) is 4.90 Å². The molecule has 0 radical (unpaired) electrons. The zero-order chi connectivity index (χ0) is 14.1. The molecule has 21 heavy (non-hydrogen) atoms. The molecule has 5 rings (SSSR count). The fourth-order valence-corrected chi connectivity index (χ4v) is 6.03. The van der Waals surface area contributed by atoms with Gasteiger partial charge < -0.3 is 13.3 Å². The third-order valence-corrected chi connectivity index (χ3v) is 7.57. The van der Waals surface area contributed by atoms with E-state index < -0.39 is 8.80 Å². The van der Waals surface area contributed by atoms with Crippen LogP contribution in [0.4, 0.5) is 0 Å². The normalized spacial score (nSPS) is 32.9. The minimum atomic E-state index is -2.69. The van der Waals surface area contributed by atoms with E-state index in [2.05, 4.69) is 23.1 Å². The molecule has 3 saturated heterocycles. The summed E-state index contributed by atoms with van der Waals surface area (Å²) in [4.78, 5) is 2.35. The van der Waals surface area contributed by atoms with Crippen molar-refractivity contribution in [2.75, 3.05) is 39.5 Å². The third kappa shape index (κ3) is 2.69. The van der Waals surface area contributed by atoms with Crippen molar-refractivity contribution in [3.05, 3.63) is 29.3 Å². The lowest BCUT2D eigenvalue weighted by atomic mass is 9.92. The molecule has 0 atom stereocenters. The number of hydrogen-bond donors (Lipinski definition) is 0. The molecule has 0 amide bonds. The Morgan fingerprint density at radius 2 is 1.43 bits per heavy atom. The van der Waals surface area contributed by atoms with Crippen LogP contribution >= 0.6 is 0 Å². The second kappa shape index (κ2) is 5.82. The molecule has 0 aromatic heterocycles. The first-order valence-corrected chi connectivity index (χ1v) is 9.85. The predicted octanol–water partition coefficient (Wildman–Crippen LogP) is 1.09. The fourth-order valence-electron chi connectivity index (χ4n) is 3.56. The van der Waals surface area contributed by atoms with Crippen LogP contribution < -0.4 is 5.19 Å². The Labute approximate surface area is 127 Å². The van der Waals surface area contributed by atoms with Gasteiger partial charge in [-0.1, -0.05) is 18.2 Å². The van der Waals surface area contributed by atoms with E-state index in [0.717, 1.165) is 19.6 Å². The van der Waals surface area contributed by atoms with Crippen molar-refractivity contribution in [3.63, 3.8) is 0 Å². The first-order valence-electron chi connectivity index (χ1n) is 8.12. The van der Waals surface area contributed by atoms with Crippen molar-refractivity contribution in [1.29, 1.82) is 0 Å². The summed E-state index contributed by atoms with van der Waals surface area (Å²) in [5.41, 5.74) is 2.97. The van der Waals surface area contributed by atoms with Crippen molar-refractivity contribution in [3.8, 4) is 0 Å². The van der Waals surface area contributed by atoms with Crippen molar-refractivity contribution in [2.45, 2.75) is 25.7 Å². The largest absolute Gasteiger partial charge is 0.537 e. The number of nitrogens with zero attached hydrogens (tertiary/aromatic N) is 1. The first-order chi connectivity index (χ1) is 10.4. The van der Waals surface area contributed by atoms with Gasteiger partial charge >= 0.3 is 8.80 Å². The SMILES string of the molecule is c1cc2c(cc1[Si]13OCCN(CCO1)CCO3)CCCC2. The molecule has 0 unspecified atom stereocenters. The number of hydrogen-bond acceptors (Lipinski definition) is 4. The quantitative estimate of drug-likeness (QED) is 0.727. The zero-order valence-corrected chi connectivity index (χ0v) is 13.5. The highest BCUT2D eigenvalue weighted by molar-refractivity contribution is 6.75. The molecule has 1 aliphatic carbocycles. The number of rotatable bonds is 1. The summed E-state index contributed by atoms with van der Waals surface area (Å²) in [7, 11) is -2.69. The fraction of sp³-hybridized carbons (Fsp3) is 0.625. The van der Waals surface area contributed by atoms with Gasteiger partial charge in [0.1, 0.15) is 0 Å². The van der Waals surface area contributed by atoms with Crippen LogP contribution in [-0.2, 0) is 26.1 Å². The lowest BCUT2D eigenvalue weighted by molar-refractivity contribution is 0.00140. The van der Waals surface area contributed by atoms with Crippen LogP contribution in [0.15, 0.2) is 18.2 Å². The van der Waals surface area contributed by atoms with Crippen molar-refractivity contribution in [2.24, 2.45) is 0 Å². The van der Waals surface area contributed by atoms with Crippen LogP contribution in [0.3, 0.4) is 0 Å². The first kappa shape index (κ1) is 13.9. The van der Waals surface area contributed by atoms with Crippen LogP contribution in [0.25, 0.3) is 0 Å². The molecule has 1 aromatic rings. The van der Waals surface area contributed by atoms with E-state index in [0.29, 0.717) is 19.8 Å². The van der Waals surface area contributed by atoms with Gasteiger partial charge in [-0.25, -0.2) is 0 Å². The molecule has 5 heteroatoms. The number of aryl methyl sites for hydroxylation is 2. The van der Waals surface area contributed by atoms with Crippen molar-refractivity contribution < 1.29 is 13.3 Å². The summed E-state index contributed by atoms with van der Waals surface area (Å²) in [6.07, 6.45) is 5.00. The molecule has 3 aliphatic heterocycles. The molecule has 0 N–H and O–H groups in total. The van der Waals surface area contributed by atoms with E-state index in [1.54, 1.807) is 0 Å². The van der Waals surface area contributed by atoms with E-state index in [-0.39, 0.29) is 0 Å². The van der Waals surface area contributed by atoms with Crippen LogP contribution in [-0.4, -0.2) is 53.2 Å². The van der Waals surface area contributed by atoms with Gasteiger partial charge in [0.15, 0.2) is 0 Å². The van der Waals surface area contributed by atoms with Gasteiger partial charge in [-0.05, 0) is 36.8 Å². The van der Waals surface area contributed by atoms with Gasteiger partial charge in [0, 0.05) is 24.8 Å². The van der Waals surface area contributed by atoms with Crippen molar-refractivity contribution >= 4 is 14.0 Å². The average Bonchev–Trinajstić information content (AvgIpc) is 2.45. The maximum atomic E-state index is 6.17. The lowest BCUT2D eigenvalue weighted by Crippen LogP contribution is -2.62. The summed E-state index contributed by atoms with van der Waals surface area (Å²) < 4.78 is 18.5. The molecule has 0 saturated carbocycles. The van der Waals surface area contributed by atoms with E-state index >= 15 is 0 Å². The predicted molar refractivity (Wildman–Crippen MR) is 82.8 cm³/mol. The summed E-state index contributed by atoms with van der Waals surface area (Å²) >= 11 is 0. The molecular formula is C16H23NO3Si. The Kier molecular flexibility index (Phi) is 3.85. The van der Waals surface area contributed by atoms with Gasteiger partial charge in [0.2, 0.25) is 0 Å². The maximum Gasteiger partial charge on any atom is 0.537 e. The minimum absolute atomic E-state index is 0.712.